The lowest BCUT2D eigenvalue weighted by atomic mass is 9.90. The lowest BCUT2D eigenvalue weighted by Crippen LogP contribution is -2.48. The molecule has 0 aromatic heterocycles. The molecule has 3 aliphatic carbocycles. The predicted molar refractivity (Wildman–Crippen MR) is 66.2 cm³/mol. The highest BCUT2D eigenvalue weighted by molar-refractivity contribution is 5.59. The van der Waals surface area contributed by atoms with Crippen molar-refractivity contribution in [3.8, 4) is 5.75 Å². The third-order valence-corrected chi connectivity index (χ3v) is 5.01. The number of aliphatic hydroxyl groups is 1. The maximum Gasteiger partial charge on any atom is 0.346 e. The Balaban J connectivity index is 1.80. The van der Waals surface area contributed by atoms with Gasteiger partial charge in [-0.2, -0.15) is 17.6 Å². The molecule has 1 fully saturated rings. The molecule has 1 N–H and O–H groups in total. The summed E-state index contributed by atoms with van der Waals surface area (Å²) in [6.07, 6.45) is -5.60. The third-order valence-electron chi connectivity index (χ3n) is 5.01. The van der Waals surface area contributed by atoms with Crippen molar-refractivity contribution < 1.29 is 40.6 Å². The quantitative estimate of drug-likeness (QED) is 0.805. The van der Waals surface area contributed by atoms with E-state index in [0.717, 1.165) is 6.07 Å². The molecule has 0 radical (unpaired) electrons. The first-order valence-corrected chi connectivity index (χ1v) is 7.25. The van der Waals surface area contributed by atoms with Crippen molar-refractivity contribution in [3.63, 3.8) is 0 Å². The average molecular weight is 356 g/mol. The molecule has 3 aliphatic rings. The van der Waals surface area contributed by atoms with Crippen LogP contribution >= 0.6 is 0 Å². The largest absolute Gasteiger partial charge is 0.490 e. The van der Waals surface area contributed by atoms with Gasteiger partial charge < -0.3 is 9.84 Å². The van der Waals surface area contributed by atoms with Crippen molar-refractivity contribution in [2.45, 2.75) is 54.9 Å². The molecule has 24 heavy (non-hydrogen) atoms. The highest BCUT2D eigenvalue weighted by Gasteiger charge is 2.79. The van der Waals surface area contributed by atoms with Gasteiger partial charge in [-0.1, -0.05) is 0 Å². The number of hydrogen-bond donors (Lipinski definition) is 1. The number of ether oxygens (including phenoxy) is 1. The molecule has 9 heteroatoms. The van der Waals surface area contributed by atoms with E-state index >= 15 is 0 Å². The average Bonchev–Trinajstić information content (AvgIpc) is 2.75. The molecule has 1 aromatic rings. The van der Waals surface area contributed by atoms with Gasteiger partial charge >= 0.3 is 11.8 Å². The number of alkyl halides is 7. The second-order valence-electron chi connectivity index (χ2n) is 6.58. The zero-order valence-electron chi connectivity index (χ0n) is 11.9. The van der Waals surface area contributed by atoms with E-state index in [4.69, 9.17) is 4.74 Å². The summed E-state index contributed by atoms with van der Waals surface area (Å²) in [5, 5.41) is 10.1. The van der Waals surface area contributed by atoms with E-state index in [1.165, 1.54) is 0 Å². The summed E-state index contributed by atoms with van der Waals surface area (Å²) >= 11 is 0. The lowest BCUT2D eigenvalue weighted by molar-refractivity contribution is -0.287. The molecule has 1 saturated carbocycles. The highest BCUT2D eigenvalue weighted by atomic mass is 19.3. The molecule has 2 nitrogen and oxygen atoms in total. The zero-order chi connectivity index (χ0) is 17.7. The van der Waals surface area contributed by atoms with E-state index in [9.17, 15) is 35.8 Å². The molecule has 2 atom stereocenters. The van der Waals surface area contributed by atoms with Crippen LogP contribution in [-0.4, -0.2) is 23.1 Å². The van der Waals surface area contributed by atoms with E-state index in [0.29, 0.717) is 6.07 Å². The molecule has 0 aliphatic heterocycles. The smallest absolute Gasteiger partial charge is 0.346 e. The minimum absolute atomic E-state index is 0.355. The van der Waals surface area contributed by atoms with Gasteiger partial charge in [0, 0.05) is 36.0 Å². The maximum atomic E-state index is 14.2. The lowest BCUT2D eigenvalue weighted by Gasteiger charge is -2.35. The number of halogens is 7. The Morgan fingerprint density at radius 2 is 1.62 bits per heavy atom. The SMILES string of the molecule is O[C@]12C[C@H](F)c3c(OC4CC(F)(F)C4)ccc(c31)C(F)(F)C2(F)F. The van der Waals surface area contributed by atoms with Crippen molar-refractivity contribution >= 4 is 0 Å². The molecular weight excluding hydrogens is 345 g/mol. The van der Waals surface area contributed by atoms with Gasteiger partial charge in [0.2, 0.25) is 0 Å². The Morgan fingerprint density at radius 3 is 2.21 bits per heavy atom. The molecule has 1 aromatic carbocycles. The topological polar surface area (TPSA) is 29.5 Å². The molecule has 0 amide bonds. The Kier molecular flexibility index (Phi) is 2.78. The van der Waals surface area contributed by atoms with Gasteiger partial charge in [-0.05, 0) is 12.1 Å². The monoisotopic (exact) mass is 356 g/mol. The number of benzene rings is 1. The predicted octanol–water partition coefficient (Wildman–Crippen LogP) is 4.21. The first kappa shape index (κ1) is 16.0. The van der Waals surface area contributed by atoms with Gasteiger partial charge in [-0.15, -0.1) is 0 Å². The summed E-state index contributed by atoms with van der Waals surface area (Å²) in [6.45, 7) is 0. The van der Waals surface area contributed by atoms with Crippen LogP contribution in [0.15, 0.2) is 12.1 Å². The summed E-state index contributed by atoms with van der Waals surface area (Å²) in [6, 6.07) is 1.51. The van der Waals surface area contributed by atoms with Crippen LogP contribution in [0.25, 0.3) is 0 Å². The Morgan fingerprint density at radius 1 is 1.00 bits per heavy atom. The minimum atomic E-state index is -4.87. The highest BCUT2D eigenvalue weighted by Crippen LogP contribution is 2.68. The maximum absolute atomic E-state index is 14.2. The number of rotatable bonds is 2. The van der Waals surface area contributed by atoms with Crippen molar-refractivity contribution in [3.05, 3.63) is 28.8 Å². The molecule has 4 rings (SSSR count). The summed E-state index contributed by atoms with van der Waals surface area (Å²) in [7, 11) is 0. The molecule has 0 heterocycles. The molecule has 0 unspecified atom stereocenters. The Bertz CT molecular complexity index is 725. The van der Waals surface area contributed by atoms with Gasteiger partial charge in [0.1, 0.15) is 18.0 Å². The van der Waals surface area contributed by atoms with Crippen molar-refractivity contribution in [1.29, 1.82) is 0 Å². The van der Waals surface area contributed by atoms with E-state index in [2.05, 4.69) is 0 Å². The molecule has 0 bridgehead atoms. The molecule has 0 saturated heterocycles. The van der Waals surface area contributed by atoms with Gasteiger partial charge in [0.25, 0.3) is 5.92 Å². The van der Waals surface area contributed by atoms with Gasteiger partial charge in [-0.3, -0.25) is 0 Å². The summed E-state index contributed by atoms with van der Waals surface area (Å²) < 4.78 is 101. The fourth-order valence-electron chi connectivity index (χ4n) is 3.77. The van der Waals surface area contributed by atoms with Gasteiger partial charge in [-0.25, -0.2) is 13.2 Å². The fourth-order valence-corrected chi connectivity index (χ4v) is 3.77. The van der Waals surface area contributed by atoms with E-state index in [-0.39, 0.29) is 5.75 Å². The molecule has 0 spiro atoms. The van der Waals surface area contributed by atoms with Gasteiger partial charge in [0.15, 0.2) is 5.60 Å². The van der Waals surface area contributed by atoms with Crippen molar-refractivity contribution in [2.75, 3.05) is 0 Å². The minimum Gasteiger partial charge on any atom is -0.490 e. The second-order valence-corrected chi connectivity index (χ2v) is 6.58. The van der Waals surface area contributed by atoms with E-state index < -0.39 is 71.6 Å². The third kappa shape index (κ3) is 1.66. The zero-order valence-corrected chi connectivity index (χ0v) is 11.9. The summed E-state index contributed by atoms with van der Waals surface area (Å²) in [5.74, 6) is -12.8. The van der Waals surface area contributed by atoms with Crippen LogP contribution in [0.2, 0.25) is 0 Å². The van der Waals surface area contributed by atoms with E-state index in [1.54, 1.807) is 0 Å². The van der Waals surface area contributed by atoms with Crippen LogP contribution in [0.1, 0.15) is 42.1 Å². The Hall–Kier alpha value is -1.51. The van der Waals surface area contributed by atoms with Crippen LogP contribution in [-0.2, 0) is 11.5 Å². The van der Waals surface area contributed by atoms with Crippen molar-refractivity contribution in [1.82, 2.24) is 0 Å². The van der Waals surface area contributed by atoms with Crippen LogP contribution in [0.4, 0.5) is 30.7 Å². The second kappa shape index (κ2) is 4.17. The standard InChI is InChI=1S/C15H11F7O2/c16-8-5-13(23)11-7(14(19,20)15(13,21)22)1-2-9(10(8)11)24-6-3-12(17,18)4-6/h1-2,6,8,23H,3-5H2/t8-,13+/m0/s1. The fraction of sp³-hybridized carbons (Fsp3) is 0.600. The van der Waals surface area contributed by atoms with Crippen LogP contribution in [0, 0.1) is 0 Å². The molecular formula is C15H11F7O2. The van der Waals surface area contributed by atoms with Crippen LogP contribution < -0.4 is 4.74 Å². The first-order valence-electron chi connectivity index (χ1n) is 7.25. The molecule has 132 valence electrons. The normalized spacial score (nSPS) is 34.8. The summed E-state index contributed by atoms with van der Waals surface area (Å²) in [4.78, 5) is 0. The Labute approximate surface area is 131 Å². The first-order chi connectivity index (χ1) is 10.9. The van der Waals surface area contributed by atoms with Crippen molar-refractivity contribution in [2.24, 2.45) is 0 Å². The van der Waals surface area contributed by atoms with E-state index in [1.807, 2.05) is 0 Å². The van der Waals surface area contributed by atoms with Crippen LogP contribution in [0.5, 0.6) is 5.75 Å². The van der Waals surface area contributed by atoms with Gasteiger partial charge in [0.05, 0.1) is 0 Å². The number of hydrogen-bond acceptors (Lipinski definition) is 2. The summed E-state index contributed by atoms with van der Waals surface area (Å²) in [5.41, 5.74) is -5.98. The van der Waals surface area contributed by atoms with Crippen LogP contribution in [0.3, 0.4) is 0 Å².